The molecule has 1 N–H and O–H groups in total. The molecule has 0 aliphatic heterocycles. The Morgan fingerprint density at radius 1 is 1.06 bits per heavy atom. The topological polar surface area (TPSA) is 12.0 Å². The lowest BCUT2D eigenvalue weighted by molar-refractivity contribution is 0.500. The van der Waals surface area contributed by atoms with Gasteiger partial charge in [-0.2, -0.15) is 0 Å². The van der Waals surface area contributed by atoms with Crippen molar-refractivity contribution in [1.82, 2.24) is 5.32 Å². The molecule has 0 fully saturated rings. The number of benzene rings is 1. The van der Waals surface area contributed by atoms with E-state index in [2.05, 4.69) is 87.4 Å². The van der Waals surface area contributed by atoms with Crippen LogP contribution >= 0.6 is 43.2 Å². The number of nitrogens with one attached hydrogen (secondary N) is 1. The number of rotatable bonds is 4. The quantitative estimate of drug-likeness (QED) is 0.709. The van der Waals surface area contributed by atoms with Crippen LogP contribution < -0.4 is 5.32 Å². The summed E-state index contributed by atoms with van der Waals surface area (Å²) in [5, 5.41) is 3.62. The van der Waals surface area contributed by atoms with Gasteiger partial charge in [-0.1, -0.05) is 28.1 Å². The van der Waals surface area contributed by atoms with E-state index in [0.29, 0.717) is 12.1 Å². The van der Waals surface area contributed by atoms with E-state index >= 15 is 0 Å². The standard InChI is InChI=1S/C14H15Br2NS/c1-9(11-4-3-5-12(15)8-11)17-10(2)13-6-7-14(16)18-13/h3-10,17H,1-2H3. The maximum atomic E-state index is 3.62. The molecule has 4 heteroatoms. The molecular weight excluding hydrogens is 374 g/mol. The fraction of sp³-hybridized carbons (Fsp3) is 0.286. The molecule has 0 bridgehead atoms. The van der Waals surface area contributed by atoms with Crippen molar-refractivity contribution in [2.75, 3.05) is 0 Å². The van der Waals surface area contributed by atoms with Gasteiger partial charge in [-0.25, -0.2) is 0 Å². The summed E-state index contributed by atoms with van der Waals surface area (Å²) in [4.78, 5) is 1.35. The van der Waals surface area contributed by atoms with Crippen LogP contribution in [0.5, 0.6) is 0 Å². The molecule has 0 saturated heterocycles. The van der Waals surface area contributed by atoms with E-state index in [0.717, 1.165) is 4.47 Å². The first-order valence-corrected chi connectivity index (χ1v) is 8.23. The van der Waals surface area contributed by atoms with Crippen LogP contribution in [-0.2, 0) is 0 Å². The second kappa shape index (κ2) is 6.33. The van der Waals surface area contributed by atoms with Gasteiger partial charge in [-0.05, 0) is 59.6 Å². The van der Waals surface area contributed by atoms with Crippen molar-refractivity contribution < 1.29 is 0 Å². The van der Waals surface area contributed by atoms with Crippen LogP contribution in [0.4, 0.5) is 0 Å². The number of hydrogen-bond acceptors (Lipinski definition) is 2. The van der Waals surface area contributed by atoms with Gasteiger partial charge in [0.1, 0.15) is 0 Å². The fourth-order valence-electron chi connectivity index (χ4n) is 1.89. The van der Waals surface area contributed by atoms with Crippen molar-refractivity contribution in [3.63, 3.8) is 0 Å². The first kappa shape index (κ1) is 14.3. The molecule has 1 nitrogen and oxygen atoms in total. The molecule has 1 aromatic heterocycles. The third kappa shape index (κ3) is 3.67. The van der Waals surface area contributed by atoms with Gasteiger partial charge in [-0.15, -0.1) is 11.3 Å². The maximum absolute atomic E-state index is 3.62. The Hall–Kier alpha value is -0.160. The van der Waals surface area contributed by atoms with Crippen molar-refractivity contribution in [2.24, 2.45) is 0 Å². The summed E-state index contributed by atoms with van der Waals surface area (Å²) in [7, 11) is 0. The zero-order valence-electron chi connectivity index (χ0n) is 10.3. The van der Waals surface area contributed by atoms with Crippen LogP contribution in [-0.4, -0.2) is 0 Å². The van der Waals surface area contributed by atoms with E-state index in [9.17, 15) is 0 Å². The molecule has 2 atom stereocenters. The molecule has 18 heavy (non-hydrogen) atoms. The minimum Gasteiger partial charge on any atom is -0.303 e. The van der Waals surface area contributed by atoms with Crippen LogP contribution in [0.25, 0.3) is 0 Å². The first-order chi connectivity index (χ1) is 8.56. The van der Waals surface area contributed by atoms with Gasteiger partial charge in [0, 0.05) is 21.4 Å². The minimum atomic E-state index is 0.332. The van der Waals surface area contributed by atoms with Gasteiger partial charge in [0.2, 0.25) is 0 Å². The largest absolute Gasteiger partial charge is 0.303 e. The second-order valence-electron chi connectivity index (χ2n) is 4.31. The lowest BCUT2D eigenvalue weighted by atomic mass is 10.1. The Morgan fingerprint density at radius 3 is 2.44 bits per heavy atom. The first-order valence-electron chi connectivity index (χ1n) is 5.83. The Bertz CT molecular complexity index is 524. The Labute approximate surface area is 129 Å². The molecule has 2 aromatic rings. The molecule has 0 saturated carbocycles. The summed E-state index contributed by atoms with van der Waals surface area (Å²) in [5.41, 5.74) is 1.30. The second-order valence-corrected chi connectivity index (χ2v) is 7.72. The van der Waals surface area contributed by atoms with Crippen LogP contribution in [0.3, 0.4) is 0 Å². The van der Waals surface area contributed by atoms with Gasteiger partial charge in [0.05, 0.1) is 3.79 Å². The monoisotopic (exact) mass is 387 g/mol. The predicted molar refractivity (Wildman–Crippen MR) is 86.1 cm³/mol. The summed E-state index contributed by atoms with van der Waals surface area (Å²) in [6.45, 7) is 4.40. The van der Waals surface area contributed by atoms with Crippen LogP contribution in [0.15, 0.2) is 44.7 Å². The molecule has 2 rings (SSSR count). The van der Waals surface area contributed by atoms with E-state index in [4.69, 9.17) is 0 Å². The molecule has 0 radical (unpaired) electrons. The van der Waals surface area contributed by atoms with Gasteiger partial charge in [-0.3, -0.25) is 0 Å². The van der Waals surface area contributed by atoms with Crippen molar-refractivity contribution in [2.45, 2.75) is 25.9 Å². The normalized spacial score (nSPS) is 14.4. The van der Waals surface area contributed by atoms with Crippen LogP contribution in [0, 0.1) is 0 Å². The van der Waals surface area contributed by atoms with Crippen LogP contribution in [0.2, 0.25) is 0 Å². The molecular formula is C14H15Br2NS. The number of thiophene rings is 1. The summed E-state index contributed by atoms with van der Waals surface area (Å²) in [6, 6.07) is 13.4. The smallest absolute Gasteiger partial charge is 0.0701 e. The lowest BCUT2D eigenvalue weighted by Crippen LogP contribution is -2.21. The van der Waals surface area contributed by atoms with Gasteiger partial charge >= 0.3 is 0 Å². The molecule has 0 aliphatic rings. The Kier molecular flexibility index (Phi) is 5.01. The van der Waals surface area contributed by atoms with E-state index in [1.165, 1.54) is 14.2 Å². The summed E-state index contributed by atoms with van der Waals surface area (Å²) in [5.74, 6) is 0. The highest BCUT2D eigenvalue weighted by molar-refractivity contribution is 9.11. The maximum Gasteiger partial charge on any atom is 0.0701 e. The van der Waals surface area contributed by atoms with Crippen molar-refractivity contribution in [1.29, 1.82) is 0 Å². The summed E-state index contributed by atoms with van der Waals surface area (Å²) < 4.78 is 2.31. The van der Waals surface area contributed by atoms with Gasteiger partial charge in [0.15, 0.2) is 0 Å². The average molecular weight is 389 g/mol. The van der Waals surface area contributed by atoms with Gasteiger partial charge < -0.3 is 5.32 Å². The summed E-state index contributed by atoms with van der Waals surface area (Å²) in [6.07, 6.45) is 0. The van der Waals surface area contributed by atoms with E-state index in [1.807, 2.05) is 0 Å². The van der Waals surface area contributed by atoms with Crippen molar-refractivity contribution >= 4 is 43.2 Å². The summed E-state index contributed by atoms with van der Waals surface area (Å²) >= 11 is 8.80. The van der Waals surface area contributed by atoms with E-state index in [1.54, 1.807) is 11.3 Å². The molecule has 0 amide bonds. The molecule has 1 aromatic carbocycles. The molecule has 0 spiro atoms. The number of halogens is 2. The Balaban J connectivity index is 2.05. The van der Waals surface area contributed by atoms with Crippen molar-refractivity contribution in [3.8, 4) is 0 Å². The average Bonchev–Trinajstić information content (AvgIpc) is 2.76. The highest BCUT2D eigenvalue weighted by Gasteiger charge is 2.12. The van der Waals surface area contributed by atoms with Gasteiger partial charge in [0.25, 0.3) is 0 Å². The molecule has 96 valence electrons. The van der Waals surface area contributed by atoms with E-state index < -0.39 is 0 Å². The van der Waals surface area contributed by atoms with E-state index in [-0.39, 0.29) is 0 Å². The zero-order chi connectivity index (χ0) is 13.1. The highest BCUT2D eigenvalue weighted by atomic mass is 79.9. The third-order valence-corrected chi connectivity index (χ3v) is 5.17. The zero-order valence-corrected chi connectivity index (χ0v) is 14.3. The fourth-order valence-corrected chi connectivity index (χ4v) is 3.74. The molecule has 1 heterocycles. The highest BCUT2D eigenvalue weighted by Crippen LogP contribution is 2.29. The Morgan fingerprint density at radius 2 is 1.83 bits per heavy atom. The van der Waals surface area contributed by atoms with Crippen LogP contribution in [0.1, 0.15) is 36.4 Å². The molecule has 0 aliphatic carbocycles. The predicted octanol–water partition coefficient (Wildman–Crippen LogP) is 5.68. The number of hydrogen-bond donors (Lipinski definition) is 1. The SMILES string of the molecule is CC(NC(C)c1ccc(Br)s1)c1cccc(Br)c1. The lowest BCUT2D eigenvalue weighted by Gasteiger charge is -2.19. The van der Waals surface area contributed by atoms with Crippen molar-refractivity contribution in [3.05, 3.63) is 55.1 Å². The molecule has 2 unspecified atom stereocenters. The minimum absolute atomic E-state index is 0.332. The third-order valence-electron chi connectivity index (χ3n) is 2.87.